The monoisotopic (exact) mass is 234 g/mol. The van der Waals surface area contributed by atoms with E-state index in [0.29, 0.717) is 0 Å². The summed E-state index contributed by atoms with van der Waals surface area (Å²) in [7, 11) is 0. The second-order valence-corrected chi connectivity index (χ2v) is 3.15. The fourth-order valence-corrected chi connectivity index (χ4v) is 1.13. The van der Waals surface area contributed by atoms with Crippen LogP contribution in [0.25, 0.3) is 4.85 Å². The molecule has 0 atom stereocenters. The molecule has 0 aliphatic carbocycles. The van der Waals surface area contributed by atoms with E-state index < -0.39 is 12.7 Å². The normalized spacial score (nSPS) is 10.9. The second-order valence-electron chi connectivity index (χ2n) is 2.75. The van der Waals surface area contributed by atoms with Crippen molar-refractivity contribution in [2.45, 2.75) is 6.18 Å². The Morgan fingerprint density at radius 3 is 2.53 bits per heavy atom. The molecule has 0 saturated carbocycles. The summed E-state index contributed by atoms with van der Waals surface area (Å²) in [5, 5.41) is 2.30. The largest absolute Gasteiger partial charge is 0.405 e. The SMILES string of the molecule is [C-]#[N+]c1ccc(NCC(F)(F)F)cc1Cl. The van der Waals surface area contributed by atoms with Crippen molar-refractivity contribution in [3.8, 4) is 0 Å². The molecule has 0 saturated heterocycles. The summed E-state index contributed by atoms with van der Waals surface area (Å²) in [6, 6.07) is 4.04. The van der Waals surface area contributed by atoms with Gasteiger partial charge in [-0.25, -0.2) is 4.85 Å². The quantitative estimate of drug-likeness (QED) is 0.769. The molecule has 1 aromatic carbocycles. The Kier molecular flexibility index (Phi) is 3.43. The molecule has 0 radical (unpaired) electrons. The van der Waals surface area contributed by atoms with Crippen LogP contribution in [0.1, 0.15) is 0 Å². The zero-order chi connectivity index (χ0) is 11.5. The van der Waals surface area contributed by atoms with Crippen LogP contribution >= 0.6 is 11.6 Å². The molecule has 1 rings (SSSR count). The number of hydrogen-bond donors (Lipinski definition) is 1. The third-order valence-electron chi connectivity index (χ3n) is 1.56. The van der Waals surface area contributed by atoms with Gasteiger partial charge in [-0.05, 0) is 12.1 Å². The van der Waals surface area contributed by atoms with Gasteiger partial charge in [0.1, 0.15) is 6.54 Å². The number of nitrogens with one attached hydrogen (secondary N) is 1. The third-order valence-corrected chi connectivity index (χ3v) is 1.86. The molecule has 0 aromatic heterocycles. The van der Waals surface area contributed by atoms with Crippen LogP contribution in [0.2, 0.25) is 5.02 Å². The molecule has 1 N–H and O–H groups in total. The summed E-state index contributed by atoms with van der Waals surface area (Å²) in [6.45, 7) is 5.57. The van der Waals surface area contributed by atoms with Crippen LogP contribution in [0.4, 0.5) is 24.5 Å². The van der Waals surface area contributed by atoms with Crippen molar-refractivity contribution < 1.29 is 13.2 Å². The summed E-state index contributed by atoms with van der Waals surface area (Å²) in [4.78, 5) is 3.09. The number of nitrogens with zero attached hydrogens (tertiary/aromatic N) is 1. The fourth-order valence-electron chi connectivity index (χ4n) is 0.910. The molecule has 80 valence electrons. The zero-order valence-electron chi connectivity index (χ0n) is 7.40. The summed E-state index contributed by atoms with van der Waals surface area (Å²) < 4.78 is 35.5. The van der Waals surface area contributed by atoms with Crippen LogP contribution in [0.15, 0.2) is 18.2 Å². The summed E-state index contributed by atoms with van der Waals surface area (Å²) in [5.74, 6) is 0. The van der Waals surface area contributed by atoms with Crippen LogP contribution in [0, 0.1) is 6.57 Å². The maximum atomic E-state index is 11.8. The van der Waals surface area contributed by atoms with Crippen LogP contribution in [0.5, 0.6) is 0 Å². The third kappa shape index (κ3) is 3.68. The van der Waals surface area contributed by atoms with Gasteiger partial charge in [-0.15, -0.1) is 0 Å². The summed E-state index contributed by atoms with van der Waals surface area (Å²) in [5.41, 5.74) is 0.457. The lowest BCUT2D eigenvalue weighted by atomic mass is 10.3. The number of alkyl halides is 3. The van der Waals surface area contributed by atoms with Crippen molar-refractivity contribution in [1.82, 2.24) is 0 Å². The van der Waals surface area contributed by atoms with Gasteiger partial charge in [0, 0.05) is 10.7 Å². The minimum Gasteiger partial charge on any atom is -0.377 e. The highest BCUT2D eigenvalue weighted by molar-refractivity contribution is 6.33. The first-order valence-electron chi connectivity index (χ1n) is 3.90. The molecule has 0 fully saturated rings. The summed E-state index contributed by atoms with van der Waals surface area (Å²) in [6.07, 6.45) is -4.27. The molecule has 0 amide bonds. The van der Waals surface area contributed by atoms with Gasteiger partial charge in [0.15, 0.2) is 0 Å². The van der Waals surface area contributed by atoms with E-state index in [4.69, 9.17) is 18.2 Å². The van der Waals surface area contributed by atoms with E-state index in [2.05, 4.69) is 10.2 Å². The van der Waals surface area contributed by atoms with E-state index >= 15 is 0 Å². The first-order valence-corrected chi connectivity index (χ1v) is 4.28. The fraction of sp³-hybridized carbons (Fsp3) is 0.222. The Morgan fingerprint density at radius 1 is 1.40 bits per heavy atom. The molecule has 0 aliphatic rings. The van der Waals surface area contributed by atoms with Gasteiger partial charge < -0.3 is 5.32 Å². The molecule has 0 unspecified atom stereocenters. The predicted octanol–water partition coefficient (Wildman–Crippen LogP) is 3.86. The van der Waals surface area contributed by atoms with Gasteiger partial charge >= 0.3 is 6.18 Å². The van der Waals surface area contributed by atoms with E-state index in [1.54, 1.807) is 0 Å². The van der Waals surface area contributed by atoms with E-state index in [1.807, 2.05) is 0 Å². The zero-order valence-corrected chi connectivity index (χ0v) is 8.15. The Labute approximate surface area is 89.5 Å². The molecule has 0 spiro atoms. The topological polar surface area (TPSA) is 16.4 Å². The first kappa shape index (κ1) is 11.7. The van der Waals surface area contributed by atoms with Gasteiger partial charge in [0.2, 0.25) is 5.69 Å². The van der Waals surface area contributed by atoms with E-state index in [1.165, 1.54) is 18.2 Å². The molecule has 6 heteroatoms. The Balaban J connectivity index is 2.73. The summed E-state index contributed by atoms with van der Waals surface area (Å²) >= 11 is 5.64. The molecule has 0 bridgehead atoms. The molecule has 0 aliphatic heterocycles. The maximum absolute atomic E-state index is 11.8. The average molecular weight is 235 g/mol. The number of rotatable bonds is 2. The highest BCUT2D eigenvalue weighted by atomic mass is 35.5. The van der Waals surface area contributed by atoms with Crippen molar-refractivity contribution in [3.05, 3.63) is 34.6 Å². The lowest BCUT2D eigenvalue weighted by Crippen LogP contribution is -2.21. The van der Waals surface area contributed by atoms with Gasteiger partial charge in [-0.3, -0.25) is 0 Å². The average Bonchev–Trinajstić information content (AvgIpc) is 2.14. The lowest BCUT2D eigenvalue weighted by Gasteiger charge is -2.09. The van der Waals surface area contributed by atoms with Gasteiger partial charge in [-0.2, -0.15) is 13.2 Å². The standard InChI is InChI=1S/C9H6ClF3N2/c1-14-8-3-2-6(4-7(8)10)15-5-9(11,12)13/h2-4,15H,5H2. The van der Waals surface area contributed by atoms with Gasteiger partial charge in [-0.1, -0.05) is 17.7 Å². The van der Waals surface area contributed by atoms with Crippen LogP contribution in [-0.4, -0.2) is 12.7 Å². The molecule has 15 heavy (non-hydrogen) atoms. The van der Waals surface area contributed by atoms with Crippen molar-refractivity contribution in [1.29, 1.82) is 0 Å². The number of benzene rings is 1. The van der Waals surface area contributed by atoms with Crippen LogP contribution < -0.4 is 5.32 Å². The van der Waals surface area contributed by atoms with Crippen LogP contribution in [0.3, 0.4) is 0 Å². The highest BCUT2D eigenvalue weighted by Gasteiger charge is 2.26. The Hall–Kier alpha value is -1.41. The predicted molar refractivity (Wildman–Crippen MR) is 52.3 cm³/mol. The molecule has 2 nitrogen and oxygen atoms in total. The van der Waals surface area contributed by atoms with Crippen LogP contribution in [-0.2, 0) is 0 Å². The number of hydrogen-bond acceptors (Lipinski definition) is 1. The molecular weight excluding hydrogens is 229 g/mol. The van der Waals surface area contributed by atoms with E-state index in [0.717, 1.165) is 0 Å². The molecule has 1 aromatic rings. The van der Waals surface area contributed by atoms with Crippen molar-refractivity contribution in [2.24, 2.45) is 0 Å². The maximum Gasteiger partial charge on any atom is 0.405 e. The lowest BCUT2D eigenvalue weighted by molar-refractivity contribution is -0.115. The minimum atomic E-state index is -4.27. The number of anilines is 1. The van der Waals surface area contributed by atoms with Crippen molar-refractivity contribution >= 4 is 23.0 Å². The van der Waals surface area contributed by atoms with Crippen molar-refractivity contribution in [3.63, 3.8) is 0 Å². The Bertz CT molecular complexity index is 395. The van der Waals surface area contributed by atoms with Gasteiger partial charge in [0.05, 0.1) is 6.57 Å². The van der Waals surface area contributed by atoms with E-state index in [9.17, 15) is 13.2 Å². The first-order chi connectivity index (χ1) is 6.92. The second kappa shape index (κ2) is 4.41. The Morgan fingerprint density at radius 2 is 2.07 bits per heavy atom. The molecule has 0 heterocycles. The smallest absolute Gasteiger partial charge is 0.377 e. The number of halogens is 4. The molecular formula is C9H6ClF3N2. The minimum absolute atomic E-state index is 0.136. The van der Waals surface area contributed by atoms with Crippen molar-refractivity contribution in [2.75, 3.05) is 11.9 Å². The van der Waals surface area contributed by atoms with Gasteiger partial charge in [0.25, 0.3) is 0 Å². The highest BCUT2D eigenvalue weighted by Crippen LogP contribution is 2.28. The van der Waals surface area contributed by atoms with E-state index in [-0.39, 0.29) is 16.4 Å².